The first-order valence-corrected chi connectivity index (χ1v) is 13.8. The Bertz CT molecular complexity index is 1620. The first-order valence-electron chi connectivity index (χ1n) is 13.8. The average molecular weight is 583 g/mol. The molecule has 11 nitrogen and oxygen atoms in total. The van der Waals surface area contributed by atoms with Crippen LogP contribution in [0.3, 0.4) is 0 Å². The third-order valence-electron chi connectivity index (χ3n) is 6.81. The second-order valence-corrected chi connectivity index (χ2v) is 10.2. The van der Waals surface area contributed by atoms with Crippen LogP contribution in [0.5, 0.6) is 0 Å². The quantitative estimate of drug-likeness (QED) is 0.323. The molecule has 2 amide bonds. The standard InChI is InChI=1S/C32H34N6O5/c1-37(2)29(40)14-8-7-13-25(36-32(42)43-3)28(39)18-23-12-9-17-38(31(23)41)20-24-19-27-30(35-24)26(33-21-34-27)16-15-22-10-5-4-6-11-22/h4-6,8-12,14-17,21,25H,7,13,18-20H2,1-3H3,(H,36,42)/b14-8+,16-15+/t25-/m0/s1. The number of Topliss-reactive ketones (excluding diaryl/α,β-unsaturated/α-hetero) is 1. The van der Waals surface area contributed by atoms with Crippen molar-refractivity contribution in [1.82, 2.24) is 24.8 Å². The van der Waals surface area contributed by atoms with Gasteiger partial charge >= 0.3 is 6.09 Å². The molecule has 0 bridgehead atoms. The number of nitrogens with one attached hydrogen (secondary N) is 1. The van der Waals surface area contributed by atoms with Gasteiger partial charge in [-0.1, -0.05) is 48.6 Å². The maximum absolute atomic E-state index is 13.3. The molecular weight excluding hydrogens is 548 g/mol. The van der Waals surface area contributed by atoms with Gasteiger partial charge in [-0.05, 0) is 36.6 Å². The number of nitrogens with zero attached hydrogens (tertiary/aromatic N) is 5. The predicted molar refractivity (Wildman–Crippen MR) is 164 cm³/mol. The highest BCUT2D eigenvalue weighted by Gasteiger charge is 2.23. The summed E-state index contributed by atoms with van der Waals surface area (Å²) in [5.74, 6) is -0.529. The number of allylic oxidation sites excluding steroid dienone is 1. The van der Waals surface area contributed by atoms with E-state index in [1.807, 2.05) is 42.5 Å². The molecule has 1 aliphatic rings. The van der Waals surface area contributed by atoms with E-state index in [9.17, 15) is 19.2 Å². The molecule has 1 N–H and O–H groups in total. The van der Waals surface area contributed by atoms with Crippen molar-refractivity contribution in [2.24, 2.45) is 4.99 Å². The van der Waals surface area contributed by atoms with Crippen LogP contribution in [0, 0.1) is 0 Å². The lowest BCUT2D eigenvalue weighted by Gasteiger charge is -2.16. The second kappa shape index (κ2) is 14.6. The molecule has 0 radical (unpaired) electrons. The van der Waals surface area contributed by atoms with Gasteiger partial charge in [0.15, 0.2) is 5.78 Å². The number of carbonyl (C=O) groups excluding carboxylic acids is 3. The maximum Gasteiger partial charge on any atom is 0.407 e. The van der Waals surface area contributed by atoms with Gasteiger partial charge in [0, 0.05) is 44.4 Å². The molecule has 0 saturated carbocycles. The SMILES string of the molecule is COC(=O)N[C@@H](CC/C=C/C(=O)N(C)C)C(=O)Cc1cccn(CC2=Nc3c(/C=C/c4ccccc4)ncnc3C2)c1=O. The molecule has 2 aromatic heterocycles. The van der Waals surface area contributed by atoms with Crippen LogP contribution in [0.4, 0.5) is 10.5 Å². The number of rotatable bonds is 12. The third kappa shape index (κ3) is 8.41. The van der Waals surface area contributed by atoms with Crippen molar-refractivity contribution in [2.75, 3.05) is 21.2 Å². The number of alkyl carbamates (subject to hydrolysis) is 1. The first kappa shape index (κ1) is 30.8. The molecule has 222 valence electrons. The Morgan fingerprint density at radius 3 is 2.63 bits per heavy atom. The highest BCUT2D eigenvalue weighted by molar-refractivity contribution is 5.95. The Kier molecular flexibility index (Phi) is 10.5. The van der Waals surface area contributed by atoms with Gasteiger partial charge in [0.2, 0.25) is 5.91 Å². The summed E-state index contributed by atoms with van der Waals surface area (Å²) in [5.41, 5.74) is 3.93. The zero-order chi connectivity index (χ0) is 30.8. The molecule has 43 heavy (non-hydrogen) atoms. The van der Waals surface area contributed by atoms with Crippen molar-refractivity contribution < 1.29 is 19.1 Å². The molecule has 1 aliphatic heterocycles. The van der Waals surface area contributed by atoms with Crippen molar-refractivity contribution >= 4 is 41.3 Å². The number of ketones is 1. The number of amides is 2. The van der Waals surface area contributed by atoms with Crippen LogP contribution in [-0.2, 0) is 33.7 Å². The lowest BCUT2D eigenvalue weighted by atomic mass is 10.0. The zero-order valence-electron chi connectivity index (χ0n) is 24.4. The van der Waals surface area contributed by atoms with Crippen LogP contribution < -0.4 is 10.9 Å². The van der Waals surface area contributed by atoms with Crippen molar-refractivity contribution in [1.29, 1.82) is 0 Å². The van der Waals surface area contributed by atoms with Crippen molar-refractivity contribution in [3.8, 4) is 0 Å². The van der Waals surface area contributed by atoms with E-state index in [1.54, 1.807) is 38.5 Å². The van der Waals surface area contributed by atoms with Gasteiger partial charge in [0.05, 0.1) is 31.1 Å². The van der Waals surface area contributed by atoms with Crippen LogP contribution in [0.2, 0.25) is 0 Å². The zero-order valence-corrected chi connectivity index (χ0v) is 24.4. The minimum absolute atomic E-state index is 0.179. The molecule has 0 saturated heterocycles. The Morgan fingerprint density at radius 2 is 1.88 bits per heavy atom. The molecule has 1 atom stereocenters. The number of fused-ring (bicyclic) bond motifs is 1. The number of benzene rings is 1. The Morgan fingerprint density at radius 1 is 1.09 bits per heavy atom. The number of likely N-dealkylation sites (N-methyl/N-ethyl adjacent to an activating group) is 1. The highest BCUT2D eigenvalue weighted by Crippen LogP contribution is 2.29. The third-order valence-corrected chi connectivity index (χ3v) is 6.81. The molecule has 0 fully saturated rings. The maximum atomic E-state index is 13.3. The summed E-state index contributed by atoms with van der Waals surface area (Å²) in [6, 6.07) is 12.3. The summed E-state index contributed by atoms with van der Waals surface area (Å²) in [5, 5.41) is 2.54. The van der Waals surface area contributed by atoms with Gasteiger partial charge in [0.25, 0.3) is 5.56 Å². The van der Waals surface area contributed by atoms with E-state index >= 15 is 0 Å². The Hall–Kier alpha value is -5.19. The van der Waals surface area contributed by atoms with E-state index in [-0.39, 0.29) is 36.6 Å². The number of aromatic nitrogens is 3. The molecule has 0 spiro atoms. The van der Waals surface area contributed by atoms with Crippen LogP contribution in [-0.4, -0.2) is 70.2 Å². The number of hydrogen-bond acceptors (Lipinski definition) is 8. The lowest BCUT2D eigenvalue weighted by molar-refractivity contribution is -0.123. The van der Waals surface area contributed by atoms with Gasteiger partial charge in [-0.3, -0.25) is 19.4 Å². The lowest BCUT2D eigenvalue weighted by Crippen LogP contribution is -2.42. The fourth-order valence-electron chi connectivity index (χ4n) is 4.49. The van der Waals surface area contributed by atoms with E-state index in [0.717, 1.165) is 17.0 Å². The number of hydrogen-bond donors (Lipinski definition) is 1. The summed E-state index contributed by atoms with van der Waals surface area (Å²) in [6.07, 6.45) is 10.2. The number of pyridine rings is 1. The van der Waals surface area contributed by atoms with Crippen molar-refractivity contribution in [3.63, 3.8) is 0 Å². The van der Waals surface area contributed by atoms with Crippen molar-refractivity contribution in [3.05, 3.63) is 100 Å². The van der Waals surface area contributed by atoms with E-state index in [1.165, 1.54) is 29.0 Å². The van der Waals surface area contributed by atoms with Gasteiger partial charge in [-0.25, -0.2) is 14.8 Å². The van der Waals surface area contributed by atoms with E-state index in [2.05, 4.69) is 20.0 Å². The summed E-state index contributed by atoms with van der Waals surface area (Å²) in [6.45, 7) is 0.230. The second-order valence-electron chi connectivity index (χ2n) is 10.2. The molecule has 3 aromatic rings. The smallest absolute Gasteiger partial charge is 0.407 e. The predicted octanol–water partition coefficient (Wildman–Crippen LogP) is 3.40. The topological polar surface area (TPSA) is 136 Å². The summed E-state index contributed by atoms with van der Waals surface area (Å²) in [7, 11) is 4.48. The Labute approximate surface area is 249 Å². The van der Waals surface area contributed by atoms with Gasteiger partial charge in [-0.15, -0.1) is 0 Å². The van der Waals surface area contributed by atoms with Crippen LogP contribution in [0.1, 0.15) is 35.4 Å². The molecule has 3 heterocycles. The molecule has 4 rings (SSSR count). The first-order chi connectivity index (χ1) is 20.7. The molecule has 0 unspecified atom stereocenters. The number of aliphatic imine (C=N–C) groups is 1. The van der Waals surface area contributed by atoms with Crippen LogP contribution >= 0.6 is 0 Å². The van der Waals surface area contributed by atoms with Crippen LogP contribution in [0.25, 0.3) is 12.2 Å². The van der Waals surface area contributed by atoms with Gasteiger partial charge in [-0.2, -0.15) is 0 Å². The Balaban J connectivity index is 1.46. The summed E-state index contributed by atoms with van der Waals surface area (Å²) < 4.78 is 6.19. The fraction of sp³-hybridized carbons (Fsp3) is 0.281. The highest BCUT2D eigenvalue weighted by atomic mass is 16.5. The van der Waals surface area contributed by atoms with E-state index < -0.39 is 12.1 Å². The molecule has 0 aliphatic carbocycles. The van der Waals surface area contributed by atoms with Gasteiger partial charge < -0.3 is 19.5 Å². The van der Waals surface area contributed by atoms with Gasteiger partial charge in [0.1, 0.15) is 12.0 Å². The largest absolute Gasteiger partial charge is 0.453 e. The average Bonchev–Trinajstić information content (AvgIpc) is 3.43. The van der Waals surface area contributed by atoms with Crippen LogP contribution in [0.15, 0.2) is 76.9 Å². The monoisotopic (exact) mass is 582 g/mol. The minimum atomic E-state index is -0.894. The fourth-order valence-corrected chi connectivity index (χ4v) is 4.49. The van der Waals surface area contributed by atoms with Crippen molar-refractivity contribution in [2.45, 2.75) is 38.3 Å². The molecule has 1 aromatic carbocycles. The normalized spacial score (nSPS) is 13.0. The number of methoxy groups -OCH3 is 1. The summed E-state index contributed by atoms with van der Waals surface area (Å²) in [4.78, 5) is 65.1. The van der Waals surface area contributed by atoms with E-state index in [4.69, 9.17) is 4.99 Å². The molecule has 11 heteroatoms. The minimum Gasteiger partial charge on any atom is -0.453 e. The summed E-state index contributed by atoms with van der Waals surface area (Å²) >= 11 is 0. The number of carbonyl (C=O) groups is 3. The van der Waals surface area contributed by atoms with E-state index in [0.29, 0.717) is 29.8 Å². The number of ether oxygens (including phenoxy) is 1. The molecular formula is C32H34N6O5.